The second kappa shape index (κ2) is 4.91. The van der Waals surface area contributed by atoms with Crippen molar-refractivity contribution in [2.24, 2.45) is 0 Å². The van der Waals surface area contributed by atoms with Crippen LogP contribution in [0.15, 0.2) is 0 Å². The molecule has 6 heteroatoms. The number of rotatable bonds is 2. The van der Waals surface area contributed by atoms with E-state index in [0.717, 1.165) is 0 Å². The summed E-state index contributed by atoms with van der Waals surface area (Å²) < 4.78 is 5.16. The molecular formula is C11H19NO5. The molecule has 98 valence electrons. The predicted molar refractivity (Wildman–Crippen MR) is 59.6 cm³/mol. The highest BCUT2D eigenvalue weighted by atomic mass is 16.6. The van der Waals surface area contributed by atoms with Gasteiger partial charge in [0.25, 0.3) is 0 Å². The highest BCUT2D eigenvalue weighted by molar-refractivity contribution is 5.72. The van der Waals surface area contributed by atoms with Crippen molar-refractivity contribution in [2.75, 3.05) is 6.54 Å². The summed E-state index contributed by atoms with van der Waals surface area (Å²) in [5, 5.41) is 18.4. The first-order chi connectivity index (χ1) is 7.70. The van der Waals surface area contributed by atoms with Gasteiger partial charge in [0, 0.05) is 6.54 Å². The Kier molecular flexibility index (Phi) is 3.98. The number of aliphatic carboxylic acids is 1. The van der Waals surface area contributed by atoms with Crippen LogP contribution in [0, 0.1) is 0 Å². The minimum atomic E-state index is -1.04. The summed E-state index contributed by atoms with van der Waals surface area (Å²) in [5.41, 5.74) is -0.627. The molecule has 1 fully saturated rings. The lowest BCUT2D eigenvalue weighted by Crippen LogP contribution is -2.43. The quantitative estimate of drug-likeness (QED) is 0.752. The van der Waals surface area contributed by atoms with Crippen LogP contribution in [0.5, 0.6) is 0 Å². The molecule has 0 spiro atoms. The zero-order chi connectivity index (χ0) is 13.2. The van der Waals surface area contributed by atoms with E-state index in [0.29, 0.717) is 13.0 Å². The first kappa shape index (κ1) is 13.8. The zero-order valence-corrected chi connectivity index (χ0v) is 10.3. The summed E-state index contributed by atoms with van der Waals surface area (Å²) >= 11 is 0. The number of hydrogen-bond donors (Lipinski definition) is 2. The van der Waals surface area contributed by atoms with Crippen LogP contribution in [-0.2, 0) is 9.53 Å². The van der Waals surface area contributed by atoms with Crippen LogP contribution in [0.1, 0.15) is 33.6 Å². The molecular weight excluding hydrogens is 226 g/mol. The molecule has 1 heterocycles. The zero-order valence-electron chi connectivity index (χ0n) is 10.3. The van der Waals surface area contributed by atoms with E-state index in [1.807, 2.05) is 0 Å². The number of carbonyl (C=O) groups excluding carboxylic acids is 1. The highest BCUT2D eigenvalue weighted by Gasteiger charge is 2.39. The van der Waals surface area contributed by atoms with Crippen LogP contribution in [0.4, 0.5) is 4.79 Å². The van der Waals surface area contributed by atoms with Gasteiger partial charge in [0.1, 0.15) is 5.60 Å². The second-order valence-corrected chi connectivity index (χ2v) is 5.19. The van der Waals surface area contributed by atoms with Gasteiger partial charge in [-0.05, 0) is 27.2 Å². The van der Waals surface area contributed by atoms with Crippen molar-refractivity contribution < 1.29 is 24.5 Å². The maximum absolute atomic E-state index is 11.8. The Bertz CT molecular complexity index is 309. The maximum atomic E-state index is 11.8. The molecule has 2 atom stereocenters. The standard InChI is InChI=1S/C11H19NO5/c1-11(2,3)17-10(16)12-5-4-8(13)7(12)6-9(14)15/h7-8,13H,4-6H2,1-3H3,(H,14,15)/t7-,8-/m0/s1. The minimum Gasteiger partial charge on any atom is -0.481 e. The van der Waals surface area contributed by atoms with E-state index in [1.54, 1.807) is 20.8 Å². The molecule has 1 rings (SSSR count). The van der Waals surface area contributed by atoms with Crippen LogP contribution in [0.25, 0.3) is 0 Å². The van der Waals surface area contributed by atoms with E-state index < -0.39 is 29.8 Å². The lowest BCUT2D eigenvalue weighted by atomic mass is 10.1. The van der Waals surface area contributed by atoms with Gasteiger partial charge in [-0.2, -0.15) is 0 Å². The third kappa shape index (κ3) is 3.89. The van der Waals surface area contributed by atoms with Gasteiger partial charge in [-0.1, -0.05) is 0 Å². The molecule has 1 aliphatic rings. The smallest absolute Gasteiger partial charge is 0.410 e. The Morgan fingerprint density at radius 2 is 2.00 bits per heavy atom. The fraction of sp³-hybridized carbons (Fsp3) is 0.818. The lowest BCUT2D eigenvalue weighted by Gasteiger charge is -2.28. The number of carboxylic acid groups (broad SMARTS) is 1. The van der Waals surface area contributed by atoms with Gasteiger partial charge >= 0.3 is 12.1 Å². The molecule has 1 aliphatic heterocycles. The van der Waals surface area contributed by atoms with Gasteiger partial charge in [-0.3, -0.25) is 4.79 Å². The number of amides is 1. The molecule has 1 amide bonds. The fourth-order valence-corrected chi connectivity index (χ4v) is 1.81. The predicted octanol–water partition coefficient (Wildman–Crippen LogP) is 0.831. The van der Waals surface area contributed by atoms with Crippen molar-refractivity contribution in [3.05, 3.63) is 0 Å². The minimum absolute atomic E-state index is 0.263. The summed E-state index contributed by atoms with van der Waals surface area (Å²) in [7, 11) is 0. The average Bonchev–Trinajstić information content (AvgIpc) is 2.44. The summed E-state index contributed by atoms with van der Waals surface area (Å²) in [6.45, 7) is 5.55. The van der Waals surface area contributed by atoms with Gasteiger partial charge in [-0.15, -0.1) is 0 Å². The third-order valence-corrected chi connectivity index (χ3v) is 2.52. The van der Waals surface area contributed by atoms with Gasteiger partial charge in [0.2, 0.25) is 0 Å². The van der Waals surface area contributed by atoms with Gasteiger partial charge in [0.05, 0.1) is 18.6 Å². The fourth-order valence-electron chi connectivity index (χ4n) is 1.81. The molecule has 0 aromatic carbocycles. The molecule has 17 heavy (non-hydrogen) atoms. The van der Waals surface area contributed by atoms with Gasteiger partial charge < -0.3 is 19.8 Å². The van der Waals surface area contributed by atoms with Crippen molar-refractivity contribution in [2.45, 2.75) is 51.4 Å². The molecule has 6 nitrogen and oxygen atoms in total. The molecule has 0 unspecified atom stereocenters. The van der Waals surface area contributed by atoms with E-state index in [4.69, 9.17) is 9.84 Å². The number of aliphatic hydroxyl groups excluding tert-OH is 1. The average molecular weight is 245 g/mol. The monoisotopic (exact) mass is 245 g/mol. The van der Waals surface area contributed by atoms with Crippen LogP contribution >= 0.6 is 0 Å². The lowest BCUT2D eigenvalue weighted by molar-refractivity contribution is -0.138. The van der Waals surface area contributed by atoms with E-state index in [2.05, 4.69) is 0 Å². The van der Waals surface area contributed by atoms with Gasteiger partial charge in [0.15, 0.2) is 0 Å². The van der Waals surface area contributed by atoms with Crippen LogP contribution < -0.4 is 0 Å². The molecule has 0 bridgehead atoms. The number of aliphatic hydroxyl groups is 1. The second-order valence-electron chi connectivity index (χ2n) is 5.19. The summed E-state index contributed by atoms with van der Waals surface area (Å²) in [4.78, 5) is 23.8. The number of nitrogens with zero attached hydrogens (tertiary/aromatic N) is 1. The van der Waals surface area contributed by atoms with Crippen LogP contribution in [-0.4, -0.2) is 51.5 Å². The Morgan fingerprint density at radius 1 is 1.41 bits per heavy atom. The number of carbonyl (C=O) groups is 2. The SMILES string of the molecule is CC(C)(C)OC(=O)N1CC[C@H](O)[C@@H]1CC(=O)O. The number of carboxylic acids is 1. The van der Waals surface area contributed by atoms with Crippen molar-refractivity contribution in [3.8, 4) is 0 Å². The van der Waals surface area contributed by atoms with Crippen LogP contribution in [0.2, 0.25) is 0 Å². The first-order valence-corrected chi connectivity index (χ1v) is 5.60. The van der Waals surface area contributed by atoms with Crippen molar-refractivity contribution >= 4 is 12.1 Å². The largest absolute Gasteiger partial charge is 0.481 e. The van der Waals surface area contributed by atoms with Gasteiger partial charge in [-0.25, -0.2) is 4.79 Å². The summed E-state index contributed by atoms with van der Waals surface area (Å²) in [5.74, 6) is -1.04. The highest BCUT2D eigenvalue weighted by Crippen LogP contribution is 2.23. The molecule has 0 saturated carbocycles. The van der Waals surface area contributed by atoms with Crippen molar-refractivity contribution in [3.63, 3.8) is 0 Å². The Labute approximate surface area is 100 Å². The molecule has 0 aromatic rings. The molecule has 1 saturated heterocycles. The normalized spacial score (nSPS) is 24.8. The van der Waals surface area contributed by atoms with E-state index >= 15 is 0 Å². The molecule has 0 aromatic heterocycles. The number of likely N-dealkylation sites (tertiary alicyclic amines) is 1. The summed E-state index contributed by atoms with van der Waals surface area (Å²) in [6, 6.07) is -0.692. The van der Waals surface area contributed by atoms with Crippen LogP contribution in [0.3, 0.4) is 0 Å². The number of hydrogen-bond acceptors (Lipinski definition) is 4. The molecule has 2 N–H and O–H groups in total. The van der Waals surface area contributed by atoms with E-state index in [9.17, 15) is 14.7 Å². The topological polar surface area (TPSA) is 87.1 Å². The molecule has 0 aliphatic carbocycles. The third-order valence-electron chi connectivity index (χ3n) is 2.52. The van der Waals surface area contributed by atoms with E-state index in [-0.39, 0.29) is 6.42 Å². The summed E-state index contributed by atoms with van der Waals surface area (Å²) in [6.07, 6.45) is -1.24. The van der Waals surface area contributed by atoms with Crippen molar-refractivity contribution in [1.82, 2.24) is 4.90 Å². The van der Waals surface area contributed by atoms with E-state index in [1.165, 1.54) is 4.90 Å². The maximum Gasteiger partial charge on any atom is 0.410 e. The Balaban J connectivity index is 2.68. The first-order valence-electron chi connectivity index (χ1n) is 5.60. The van der Waals surface area contributed by atoms with Crippen molar-refractivity contribution in [1.29, 1.82) is 0 Å². The molecule has 0 radical (unpaired) electrons. The number of ether oxygens (including phenoxy) is 1. The Morgan fingerprint density at radius 3 is 2.47 bits per heavy atom. The Hall–Kier alpha value is -1.30.